The first-order chi connectivity index (χ1) is 9.24. The molecule has 4 rings (SSSR count). The molecule has 0 atom stereocenters. The number of para-hydroxylation sites is 2. The first-order valence-electron chi connectivity index (χ1n) is 6.37. The quantitative estimate of drug-likeness (QED) is 0.475. The van der Waals surface area contributed by atoms with Gasteiger partial charge in [0.05, 0.1) is 28.3 Å². The van der Waals surface area contributed by atoms with Gasteiger partial charge in [0.2, 0.25) is 0 Å². The van der Waals surface area contributed by atoms with Crippen molar-refractivity contribution in [2.75, 3.05) is 0 Å². The van der Waals surface area contributed by atoms with Crippen molar-refractivity contribution in [3.8, 4) is 0 Å². The van der Waals surface area contributed by atoms with Gasteiger partial charge >= 0.3 is 0 Å². The Morgan fingerprint density at radius 3 is 2.58 bits per heavy atom. The van der Waals surface area contributed by atoms with Gasteiger partial charge in [0.1, 0.15) is 0 Å². The summed E-state index contributed by atoms with van der Waals surface area (Å²) in [5, 5.41) is 0. The second-order valence-corrected chi connectivity index (χ2v) is 4.98. The fourth-order valence-electron chi connectivity index (χ4n) is 2.58. The van der Waals surface area contributed by atoms with Gasteiger partial charge in [-0.1, -0.05) is 12.1 Å². The van der Waals surface area contributed by atoms with Gasteiger partial charge in [-0.05, 0) is 49.2 Å². The van der Waals surface area contributed by atoms with E-state index < -0.39 is 0 Å². The van der Waals surface area contributed by atoms with Crippen molar-refractivity contribution in [2.45, 2.75) is 13.8 Å². The predicted molar refractivity (Wildman–Crippen MR) is 77.5 cm³/mol. The molecule has 0 saturated carbocycles. The first kappa shape index (κ1) is 10.5. The van der Waals surface area contributed by atoms with Crippen LogP contribution in [0.4, 0.5) is 0 Å². The standard InChI is InChI=1S/C16H13N3/c1-10-7-13-15(8-11(10)2)19-14-6-4-3-5-12(14)17-9-16(19)18-13/h3-9H,1-2H3. The normalized spacial score (nSPS) is 11.7. The van der Waals surface area contributed by atoms with E-state index in [0.717, 1.165) is 27.7 Å². The number of benzene rings is 2. The van der Waals surface area contributed by atoms with E-state index in [9.17, 15) is 0 Å². The van der Waals surface area contributed by atoms with Crippen LogP contribution < -0.4 is 0 Å². The van der Waals surface area contributed by atoms with E-state index >= 15 is 0 Å². The fraction of sp³-hybridized carbons (Fsp3) is 0.125. The molecule has 0 spiro atoms. The molecule has 3 nitrogen and oxygen atoms in total. The lowest BCUT2D eigenvalue weighted by atomic mass is 10.1. The van der Waals surface area contributed by atoms with Crippen LogP contribution in [0.3, 0.4) is 0 Å². The minimum absolute atomic E-state index is 0.902. The van der Waals surface area contributed by atoms with Gasteiger partial charge in [-0.15, -0.1) is 0 Å². The number of hydrogen-bond donors (Lipinski definition) is 0. The van der Waals surface area contributed by atoms with E-state index in [2.05, 4.69) is 46.4 Å². The molecule has 3 heteroatoms. The Bertz CT molecular complexity index is 935. The highest BCUT2D eigenvalue weighted by atomic mass is 15.0. The molecule has 0 aliphatic carbocycles. The van der Waals surface area contributed by atoms with Crippen LogP contribution in [-0.2, 0) is 0 Å². The summed E-state index contributed by atoms with van der Waals surface area (Å²) in [6, 6.07) is 12.5. The van der Waals surface area contributed by atoms with E-state index in [1.165, 1.54) is 11.1 Å². The Balaban J connectivity index is 2.32. The Kier molecular flexibility index (Phi) is 1.96. The van der Waals surface area contributed by atoms with E-state index in [1.54, 1.807) is 0 Å². The van der Waals surface area contributed by atoms with Crippen molar-refractivity contribution < 1.29 is 0 Å². The first-order valence-corrected chi connectivity index (χ1v) is 6.37. The topological polar surface area (TPSA) is 30.2 Å². The summed E-state index contributed by atoms with van der Waals surface area (Å²) >= 11 is 0. The fourth-order valence-corrected chi connectivity index (χ4v) is 2.58. The van der Waals surface area contributed by atoms with Crippen LogP contribution in [0.25, 0.3) is 27.7 Å². The zero-order valence-corrected chi connectivity index (χ0v) is 10.9. The lowest BCUT2D eigenvalue weighted by Gasteiger charge is -2.03. The lowest BCUT2D eigenvalue weighted by molar-refractivity contribution is 1.23. The summed E-state index contributed by atoms with van der Waals surface area (Å²) in [6.45, 7) is 4.26. The van der Waals surface area contributed by atoms with Crippen molar-refractivity contribution >= 4 is 27.7 Å². The Hall–Kier alpha value is -2.42. The molecule has 2 aromatic carbocycles. The summed E-state index contributed by atoms with van der Waals surface area (Å²) in [4.78, 5) is 9.13. The number of rotatable bonds is 0. The SMILES string of the molecule is Cc1cc2nc3cnc4ccccc4n3c2cc1C. The second-order valence-electron chi connectivity index (χ2n) is 4.98. The van der Waals surface area contributed by atoms with Crippen LogP contribution in [-0.4, -0.2) is 14.4 Å². The molecule has 4 aromatic rings. The second kappa shape index (κ2) is 3.54. The molecule has 19 heavy (non-hydrogen) atoms. The van der Waals surface area contributed by atoms with Crippen LogP contribution in [0.1, 0.15) is 11.1 Å². The molecule has 0 fully saturated rings. The van der Waals surface area contributed by atoms with Crippen molar-refractivity contribution in [2.24, 2.45) is 0 Å². The minimum atomic E-state index is 0.902. The summed E-state index contributed by atoms with van der Waals surface area (Å²) in [5.41, 5.74) is 7.73. The van der Waals surface area contributed by atoms with E-state index in [1.807, 2.05) is 24.4 Å². The molecule has 0 N–H and O–H groups in total. The molecule has 0 unspecified atom stereocenters. The summed E-state index contributed by atoms with van der Waals surface area (Å²) in [5.74, 6) is 0. The molecule has 0 aliphatic heterocycles. The van der Waals surface area contributed by atoms with Gasteiger partial charge in [-0.25, -0.2) is 4.98 Å². The monoisotopic (exact) mass is 247 g/mol. The molecule has 0 radical (unpaired) electrons. The molecular formula is C16H13N3. The van der Waals surface area contributed by atoms with Crippen LogP contribution in [0.5, 0.6) is 0 Å². The van der Waals surface area contributed by atoms with Crippen molar-refractivity contribution in [3.63, 3.8) is 0 Å². The highest BCUT2D eigenvalue weighted by molar-refractivity contribution is 5.89. The third kappa shape index (κ3) is 1.38. The highest BCUT2D eigenvalue weighted by Crippen LogP contribution is 2.24. The molecule has 0 bridgehead atoms. The predicted octanol–water partition coefficient (Wildman–Crippen LogP) is 3.65. The Morgan fingerprint density at radius 1 is 0.895 bits per heavy atom. The maximum atomic E-state index is 4.67. The van der Waals surface area contributed by atoms with Crippen molar-refractivity contribution in [3.05, 3.63) is 53.7 Å². The lowest BCUT2D eigenvalue weighted by Crippen LogP contribution is -1.91. The van der Waals surface area contributed by atoms with E-state index in [-0.39, 0.29) is 0 Å². The maximum Gasteiger partial charge on any atom is 0.157 e. The number of imidazole rings is 1. The zero-order chi connectivity index (χ0) is 13.0. The van der Waals surface area contributed by atoms with E-state index in [4.69, 9.17) is 0 Å². The molecule has 2 heterocycles. The zero-order valence-electron chi connectivity index (χ0n) is 10.9. The largest absolute Gasteiger partial charge is 0.289 e. The average Bonchev–Trinajstić information content (AvgIpc) is 2.77. The van der Waals surface area contributed by atoms with Crippen LogP contribution in [0.15, 0.2) is 42.6 Å². The third-order valence-electron chi connectivity index (χ3n) is 3.74. The van der Waals surface area contributed by atoms with Crippen molar-refractivity contribution in [1.82, 2.24) is 14.4 Å². The number of hydrogen-bond acceptors (Lipinski definition) is 2. The number of fused-ring (bicyclic) bond motifs is 5. The van der Waals surface area contributed by atoms with Crippen LogP contribution >= 0.6 is 0 Å². The molecule has 92 valence electrons. The molecule has 0 saturated heterocycles. The minimum Gasteiger partial charge on any atom is -0.289 e. The van der Waals surface area contributed by atoms with Crippen LogP contribution in [0.2, 0.25) is 0 Å². The van der Waals surface area contributed by atoms with Crippen LogP contribution in [0, 0.1) is 13.8 Å². The van der Waals surface area contributed by atoms with Gasteiger partial charge in [-0.2, -0.15) is 0 Å². The molecule has 2 aromatic heterocycles. The van der Waals surface area contributed by atoms with Crippen molar-refractivity contribution in [1.29, 1.82) is 0 Å². The molecule has 0 aliphatic rings. The Labute approximate surface area is 110 Å². The average molecular weight is 247 g/mol. The van der Waals surface area contributed by atoms with Gasteiger partial charge in [0, 0.05) is 0 Å². The van der Waals surface area contributed by atoms with Gasteiger partial charge < -0.3 is 0 Å². The summed E-state index contributed by atoms with van der Waals surface area (Å²) in [6.07, 6.45) is 1.84. The number of aromatic nitrogens is 3. The highest BCUT2D eigenvalue weighted by Gasteiger charge is 2.09. The molecular weight excluding hydrogens is 234 g/mol. The Morgan fingerprint density at radius 2 is 1.68 bits per heavy atom. The summed E-state index contributed by atoms with van der Waals surface area (Å²) < 4.78 is 2.18. The van der Waals surface area contributed by atoms with Gasteiger partial charge in [0.25, 0.3) is 0 Å². The smallest absolute Gasteiger partial charge is 0.157 e. The van der Waals surface area contributed by atoms with E-state index in [0.29, 0.717) is 0 Å². The van der Waals surface area contributed by atoms with Gasteiger partial charge in [0.15, 0.2) is 5.65 Å². The molecule has 0 amide bonds. The van der Waals surface area contributed by atoms with Gasteiger partial charge in [-0.3, -0.25) is 9.38 Å². The third-order valence-corrected chi connectivity index (χ3v) is 3.74. The maximum absolute atomic E-state index is 4.67. The number of nitrogens with zero attached hydrogens (tertiary/aromatic N) is 3. The summed E-state index contributed by atoms with van der Waals surface area (Å²) in [7, 11) is 0. The number of aryl methyl sites for hydroxylation is 2.